The molecule has 5 nitrogen and oxygen atoms in total. The highest BCUT2D eigenvalue weighted by Gasteiger charge is 2.20. The highest BCUT2D eigenvalue weighted by molar-refractivity contribution is 5.93. The largest absolute Gasteiger partial charge is 0.493 e. The molecule has 0 saturated heterocycles. The molecule has 2 heterocycles. The molecule has 21 heavy (non-hydrogen) atoms. The number of rotatable bonds is 3. The first-order valence-electron chi connectivity index (χ1n) is 6.90. The summed E-state index contributed by atoms with van der Waals surface area (Å²) in [5.74, 6) is 0.998. The number of para-hydroxylation sites is 1. The van der Waals surface area contributed by atoms with E-state index in [2.05, 4.69) is 10.3 Å². The van der Waals surface area contributed by atoms with E-state index in [0.29, 0.717) is 18.7 Å². The first kappa shape index (κ1) is 13.4. The molecule has 0 aliphatic carbocycles. The molecule has 1 atom stereocenters. The van der Waals surface area contributed by atoms with Crippen molar-refractivity contribution in [2.75, 3.05) is 13.2 Å². The lowest BCUT2D eigenvalue weighted by atomic mass is 9.97. The zero-order valence-corrected chi connectivity index (χ0v) is 11.5. The van der Waals surface area contributed by atoms with E-state index in [1.807, 2.05) is 24.3 Å². The molecule has 0 bridgehead atoms. The third kappa shape index (κ3) is 3.13. The zero-order chi connectivity index (χ0) is 14.7. The van der Waals surface area contributed by atoms with Crippen LogP contribution in [0, 0.1) is 5.92 Å². The Morgan fingerprint density at radius 2 is 2.14 bits per heavy atom. The third-order valence-corrected chi connectivity index (χ3v) is 3.55. The van der Waals surface area contributed by atoms with E-state index in [4.69, 9.17) is 4.74 Å². The van der Waals surface area contributed by atoms with Gasteiger partial charge in [-0.1, -0.05) is 18.2 Å². The van der Waals surface area contributed by atoms with Crippen molar-refractivity contribution in [3.63, 3.8) is 0 Å². The fraction of sp³-hybridized carbons (Fsp3) is 0.250. The predicted molar refractivity (Wildman–Crippen MR) is 78.5 cm³/mol. The highest BCUT2D eigenvalue weighted by Crippen LogP contribution is 2.26. The van der Waals surface area contributed by atoms with Crippen LogP contribution in [0.15, 0.2) is 47.4 Å². The number of amides is 1. The smallest absolute Gasteiger partial charge is 0.252 e. The van der Waals surface area contributed by atoms with Crippen LogP contribution < -0.4 is 15.6 Å². The Labute approximate surface area is 122 Å². The van der Waals surface area contributed by atoms with Crippen molar-refractivity contribution in [3.05, 3.63) is 64.1 Å². The number of hydrogen-bond donors (Lipinski definition) is 2. The molecule has 0 saturated carbocycles. The van der Waals surface area contributed by atoms with Crippen LogP contribution in [-0.2, 0) is 6.42 Å². The maximum Gasteiger partial charge on any atom is 0.252 e. The van der Waals surface area contributed by atoms with Gasteiger partial charge in [-0.2, -0.15) is 0 Å². The minimum absolute atomic E-state index is 0.190. The average molecular weight is 284 g/mol. The van der Waals surface area contributed by atoms with Crippen LogP contribution in [0.5, 0.6) is 5.75 Å². The Kier molecular flexibility index (Phi) is 3.73. The highest BCUT2D eigenvalue weighted by atomic mass is 16.5. The van der Waals surface area contributed by atoms with Gasteiger partial charge in [-0.25, -0.2) is 0 Å². The summed E-state index contributed by atoms with van der Waals surface area (Å²) in [5, 5.41) is 2.88. The molecule has 1 aliphatic heterocycles. The Balaban J connectivity index is 1.58. The lowest BCUT2D eigenvalue weighted by Crippen LogP contribution is -2.35. The first-order valence-corrected chi connectivity index (χ1v) is 6.90. The van der Waals surface area contributed by atoms with E-state index in [9.17, 15) is 9.59 Å². The normalized spacial score (nSPS) is 16.7. The number of aromatic amines is 1. The summed E-state index contributed by atoms with van der Waals surface area (Å²) in [6.45, 7) is 1.15. The quantitative estimate of drug-likeness (QED) is 0.894. The van der Waals surface area contributed by atoms with E-state index in [-0.39, 0.29) is 17.4 Å². The lowest BCUT2D eigenvalue weighted by Gasteiger charge is -2.25. The van der Waals surface area contributed by atoms with Crippen LogP contribution in [-0.4, -0.2) is 24.0 Å². The van der Waals surface area contributed by atoms with Gasteiger partial charge in [0.25, 0.3) is 5.91 Å². The number of hydrogen-bond acceptors (Lipinski definition) is 3. The van der Waals surface area contributed by atoms with Gasteiger partial charge >= 0.3 is 0 Å². The number of carbonyl (C=O) groups is 1. The first-order chi connectivity index (χ1) is 10.2. The minimum atomic E-state index is -0.219. The van der Waals surface area contributed by atoms with Crippen molar-refractivity contribution in [1.29, 1.82) is 0 Å². The number of fused-ring (bicyclic) bond motifs is 1. The second-order valence-electron chi connectivity index (χ2n) is 5.14. The van der Waals surface area contributed by atoms with E-state index in [1.165, 1.54) is 23.9 Å². The van der Waals surface area contributed by atoms with Gasteiger partial charge in [0.2, 0.25) is 5.56 Å². The maximum atomic E-state index is 12.0. The number of pyridine rings is 1. The number of nitrogens with one attached hydrogen (secondary N) is 2. The fourth-order valence-corrected chi connectivity index (χ4v) is 2.41. The van der Waals surface area contributed by atoms with Crippen LogP contribution in [0.25, 0.3) is 0 Å². The molecule has 1 aliphatic rings. The van der Waals surface area contributed by atoms with Crippen molar-refractivity contribution in [1.82, 2.24) is 10.3 Å². The van der Waals surface area contributed by atoms with Gasteiger partial charge in [-0.05, 0) is 24.1 Å². The summed E-state index contributed by atoms with van der Waals surface area (Å²) < 4.78 is 5.69. The lowest BCUT2D eigenvalue weighted by molar-refractivity contribution is 0.0938. The zero-order valence-electron chi connectivity index (χ0n) is 11.5. The predicted octanol–water partition coefficient (Wildman–Crippen LogP) is 1.36. The summed E-state index contributed by atoms with van der Waals surface area (Å²) in [6, 6.07) is 10.8. The molecule has 3 rings (SSSR count). The molecule has 1 aromatic heterocycles. The van der Waals surface area contributed by atoms with Crippen LogP contribution in [0.3, 0.4) is 0 Å². The Morgan fingerprint density at radius 1 is 1.29 bits per heavy atom. The molecule has 1 amide bonds. The second-order valence-corrected chi connectivity index (χ2v) is 5.14. The van der Waals surface area contributed by atoms with E-state index in [1.54, 1.807) is 0 Å². The standard InChI is InChI=1S/C16H16N2O3/c19-15-6-5-13(9-17-15)16(20)18-8-11-7-12-3-1-2-4-14(12)21-10-11/h1-6,9,11H,7-8,10H2,(H,17,19)(H,18,20). The minimum Gasteiger partial charge on any atom is -0.493 e. The molecule has 0 fully saturated rings. The number of benzene rings is 1. The van der Waals surface area contributed by atoms with Crippen molar-refractivity contribution >= 4 is 5.91 Å². The van der Waals surface area contributed by atoms with E-state index < -0.39 is 0 Å². The molecule has 2 N–H and O–H groups in total. The van der Waals surface area contributed by atoms with Gasteiger partial charge in [0.15, 0.2) is 0 Å². The van der Waals surface area contributed by atoms with E-state index in [0.717, 1.165) is 12.2 Å². The van der Waals surface area contributed by atoms with Gasteiger partial charge in [0.1, 0.15) is 5.75 Å². The van der Waals surface area contributed by atoms with Gasteiger partial charge < -0.3 is 15.0 Å². The Bertz CT molecular complexity index is 688. The van der Waals surface area contributed by atoms with Gasteiger partial charge in [0, 0.05) is 24.7 Å². The number of carbonyl (C=O) groups excluding carboxylic acids is 1. The molecule has 108 valence electrons. The molecule has 0 spiro atoms. The van der Waals surface area contributed by atoms with E-state index >= 15 is 0 Å². The topological polar surface area (TPSA) is 71.2 Å². The Morgan fingerprint density at radius 3 is 2.95 bits per heavy atom. The molecular weight excluding hydrogens is 268 g/mol. The van der Waals surface area contributed by atoms with Gasteiger partial charge in [-0.3, -0.25) is 9.59 Å². The monoisotopic (exact) mass is 284 g/mol. The van der Waals surface area contributed by atoms with Crippen LogP contribution in [0.4, 0.5) is 0 Å². The molecule has 1 unspecified atom stereocenters. The number of ether oxygens (including phenoxy) is 1. The summed E-state index contributed by atoms with van der Waals surface area (Å²) in [4.78, 5) is 25.4. The maximum absolute atomic E-state index is 12.0. The Hall–Kier alpha value is -2.56. The summed E-state index contributed by atoms with van der Waals surface area (Å²) in [6.07, 6.45) is 2.31. The number of aromatic nitrogens is 1. The van der Waals surface area contributed by atoms with Crippen LogP contribution >= 0.6 is 0 Å². The fourth-order valence-electron chi connectivity index (χ4n) is 2.41. The van der Waals surface area contributed by atoms with Crippen LogP contribution in [0.1, 0.15) is 15.9 Å². The summed E-state index contributed by atoms with van der Waals surface area (Å²) in [5.41, 5.74) is 1.41. The van der Waals surface area contributed by atoms with Crippen molar-refractivity contribution < 1.29 is 9.53 Å². The molecule has 1 aromatic carbocycles. The molecule has 2 aromatic rings. The summed E-state index contributed by atoms with van der Waals surface area (Å²) in [7, 11) is 0. The SMILES string of the molecule is O=C(NCC1COc2ccccc2C1)c1ccc(=O)[nH]c1. The molecule has 5 heteroatoms. The third-order valence-electron chi connectivity index (χ3n) is 3.55. The molecular formula is C16H16N2O3. The van der Waals surface area contributed by atoms with Crippen molar-refractivity contribution in [2.45, 2.75) is 6.42 Å². The number of H-pyrrole nitrogens is 1. The van der Waals surface area contributed by atoms with Gasteiger partial charge in [0.05, 0.1) is 12.2 Å². The molecule has 0 radical (unpaired) electrons. The summed E-state index contributed by atoms with van der Waals surface area (Å²) >= 11 is 0. The average Bonchev–Trinajstić information content (AvgIpc) is 2.53. The van der Waals surface area contributed by atoms with Crippen molar-refractivity contribution in [3.8, 4) is 5.75 Å². The second kappa shape index (κ2) is 5.83. The van der Waals surface area contributed by atoms with Crippen LogP contribution in [0.2, 0.25) is 0 Å². The van der Waals surface area contributed by atoms with Crippen molar-refractivity contribution in [2.24, 2.45) is 5.92 Å². The van der Waals surface area contributed by atoms with Gasteiger partial charge in [-0.15, -0.1) is 0 Å².